The Balaban J connectivity index is 2.92. The summed E-state index contributed by atoms with van der Waals surface area (Å²) < 4.78 is 5.76. The highest BCUT2D eigenvalue weighted by molar-refractivity contribution is 5.32. The van der Waals surface area contributed by atoms with Gasteiger partial charge in [-0.3, -0.25) is 0 Å². The zero-order chi connectivity index (χ0) is 13.0. The third-order valence-electron chi connectivity index (χ3n) is 3.29. The normalized spacial score (nSPS) is 15.0. The van der Waals surface area contributed by atoms with E-state index in [2.05, 4.69) is 45.9 Å². The smallest absolute Gasteiger partial charge is 0.0790 e. The number of nitrogens with two attached hydrogens (primary N) is 1. The van der Waals surface area contributed by atoms with Crippen LogP contribution in [0, 0.1) is 19.8 Å². The van der Waals surface area contributed by atoms with Gasteiger partial charge in [-0.1, -0.05) is 32.0 Å². The molecule has 96 valence electrons. The molecule has 0 bridgehead atoms. The molecule has 2 N–H and O–H groups in total. The van der Waals surface area contributed by atoms with Gasteiger partial charge in [0.2, 0.25) is 0 Å². The number of hydrogen-bond acceptors (Lipinski definition) is 2. The van der Waals surface area contributed by atoms with Crippen LogP contribution in [0.4, 0.5) is 0 Å². The van der Waals surface area contributed by atoms with Crippen molar-refractivity contribution >= 4 is 0 Å². The van der Waals surface area contributed by atoms with Crippen molar-refractivity contribution in [2.24, 2.45) is 11.7 Å². The predicted molar refractivity (Wildman–Crippen MR) is 73.1 cm³/mol. The Morgan fingerprint density at radius 2 is 1.82 bits per heavy atom. The average Bonchev–Trinajstić information content (AvgIpc) is 2.28. The molecule has 0 aliphatic rings. The first-order valence-electron chi connectivity index (χ1n) is 6.41. The highest BCUT2D eigenvalue weighted by atomic mass is 16.5. The second-order valence-electron chi connectivity index (χ2n) is 5.03. The van der Waals surface area contributed by atoms with Gasteiger partial charge in [-0.25, -0.2) is 0 Å². The molecular weight excluding hydrogens is 210 g/mol. The van der Waals surface area contributed by atoms with Crippen molar-refractivity contribution in [3.63, 3.8) is 0 Å². The minimum absolute atomic E-state index is 0.0470. The average molecular weight is 235 g/mol. The minimum atomic E-state index is -0.0470. The van der Waals surface area contributed by atoms with E-state index in [9.17, 15) is 0 Å². The first-order valence-corrected chi connectivity index (χ1v) is 6.41. The van der Waals surface area contributed by atoms with E-state index in [1.807, 2.05) is 6.92 Å². The quantitative estimate of drug-likeness (QED) is 0.849. The molecule has 0 aliphatic carbocycles. The molecule has 2 nitrogen and oxygen atoms in total. The summed E-state index contributed by atoms with van der Waals surface area (Å²) in [5, 5.41) is 0. The highest BCUT2D eigenvalue weighted by Gasteiger charge is 2.23. The van der Waals surface area contributed by atoms with Gasteiger partial charge in [-0.15, -0.1) is 0 Å². The summed E-state index contributed by atoms with van der Waals surface area (Å²) in [7, 11) is 0. The lowest BCUT2D eigenvalue weighted by Gasteiger charge is -2.27. The molecule has 0 saturated carbocycles. The van der Waals surface area contributed by atoms with Crippen molar-refractivity contribution in [2.45, 2.75) is 46.8 Å². The molecule has 0 saturated heterocycles. The van der Waals surface area contributed by atoms with Gasteiger partial charge < -0.3 is 10.5 Å². The van der Waals surface area contributed by atoms with Gasteiger partial charge >= 0.3 is 0 Å². The summed E-state index contributed by atoms with van der Waals surface area (Å²) in [5.74, 6) is 0.423. The largest absolute Gasteiger partial charge is 0.376 e. The Morgan fingerprint density at radius 3 is 2.29 bits per heavy atom. The lowest BCUT2D eigenvalue weighted by molar-refractivity contribution is 0.0121. The number of rotatable bonds is 5. The van der Waals surface area contributed by atoms with Crippen molar-refractivity contribution in [1.82, 2.24) is 0 Å². The van der Waals surface area contributed by atoms with Gasteiger partial charge in [0.25, 0.3) is 0 Å². The fourth-order valence-electron chi connectivity index (χ4n) is 2.06. The molecule has 2 unspecified atom stereocenters. The maximum atomic E-state index is 6.32. The van der Waals surface area contributed by atoms with E-state index in [-0.39, 0.29) is 12.1 Å². The Kier molecular flexibility index (Phi) is 5.16. The van der Waals surface area contributed by atoms with Crippen LogP contribution in [0.5, 0.6) is 0 Å². The minimum Gasteiger partial charge on any atom is -0.376 e. The number of hydrogen-bond donors (Lipinski definition) is 1. The molecule has 1 aromatic carbocycles. The molecule has 0 aromatic heterocycles. The van der Waals surface area contributed by atoms with Crippen LogP contribution < -0.4 is 5.73 Å². The zero-order valence-corrected chi connectivity index (χ0v) is 11.7. The first kappa shape index (κ1) is 14.2. The summed E-state index contributed by atoms with van der Waals surface area (Å²) in [6.45, 7) is 11.3. The molecule has 1 aromatic rings. The number of ether oxygens (including phenoxy) is 1. The molecule has 2 heteroatoms. The van der Waals surface area contributed by atoms with Gasteiger partial charge in [-0.05, 0) is 43.4 Å². The van der Waals surface area contributed by atoms with E-state index in [4.69, 9.17) is 10.5 Å². The molecule has 1 rings (SSSR count). The van der Waals surface area contributed by atoms with E-state index >= 15 is 0 Å². The van der Waals surface area contributed by atoms with E-state index in [0.717, 1.165) is 0 Å². The molecule has 0 aliphatic heterocycles. The molecule has 0 heterocycles. The molecule has 0 radical (unpaired) electrons. The fourth-order valence-corrected chi connectivity index (χ4v) is 2.06. The summed E-state index contributed by atoms with van der Waals surface area (Å²) in [6.07, 6.45) is 0.0853. The predicted octanol–water partition coefficient (Wildman–Crippen LogP) is 3.36. The van der Waals surface area contributed by atoms with Gasteiger partial charge in [0.05, 0.1) is 12.1 Å². The van der Waals surface area contributed by atoms with Crippen LogP contribution in [-0.4, -0.2) is 12.7 Å². The monoisotopic (exact) mass is 235 g/mol. The van der Waals surface area contributed by atoms with E-state index in [0.29, 0.717) is 12.5 Å². The van der Waals surface area contributed by atoms with E-state index in [1.165, 1.54) is 16.7 Å². The van der Waals surface area contributed by atoms with E-state index in [1.54, 1.807) is 0 Å². The lowest BCUT2D eigenvalue weighted by Crippen LogP contribution is -2.33. The number of aryl methyl sites for hydroxylation is 2. The van der Waals surface area contributed by atoms with Crippen LogP contribution >= 0.6 is 0 Å². The van der Waals surface area contributed by atoms with Crippen molar-refractivity contribution in [1.29, 1.82) is 0 Å². The topological polar surface area (TPSA) is 35.2 Å². The van der Waals surface area contributed by atoms with Gasteiger partial charge in [-0.2, -0.15) is 0 Å². The molecule has 0 fully saturated rings. The van der Waals surface area contributed by atoms with Crippen LogP contribution in [0.2, 0.25) is 0 Å². The van der Waals surface area contributed by atoms with E-state index < -0.39 is 0 Å². The Morgan fingerprint density at radius 1 is 1.18 bits per heavy atom. The third-order valence-corrected chi connectivity index (χ3v) is 3.29. The third kappa shape index (κ3) is 3.55. The fraction of sp³-hybridized carbons (Fsp3) is 0.600. The maximum absolute atomic E-state index is 6.32. The molecule has 0 amide bonds. The lowest BCUT2D eigenvalue weighted by atomic mass is 9.92. The molecule has 0 spiro atoms. The van der Waals surface area contributed by atoms with Crippen LogP contribution in [0.3, 0.4) is 0 Å². The Labute approximate surface area is 105 Å². The number of benzene rings is 1. The molecular formula is C15H25NO. The zero-order valence-electron chi connectivity index (χ0n) is 11.7. The maximum Gasteiger partial charge on any atom is 0.0790 e. The summed E-state index contributed by atoms with van der Waals surface area (Å²) >= 11 is 0. The second kappa shape index (κ2) is 6.18. The standard InChI is InChI=1S/C15H25NO/c1-6-17-15(10(2)3)14(16)13-8-7-11(4)12(5)9-13/h7-10,14-15H,6,16H2,1-5H3. The van der Waals surface area contributed by atoms with Crippen LogP contribution in [0.15, 0.2) is 18.2 Å². The summed E-state index contributed by atoms with van der Waals surface area (Å²) in [5.41, 5.74) is 10.1. The van der Waals surface area contributed by atoms with Crippen molar-refractivity contribution < 1.29 is 4.74 Å². The first-order chi connectivity index (χ1) is 7.97. The molecule has 2 atom stereocenters. The SMILES string of the molecule is CCOC(C(C)C)C(N)c1ccc(C)c(C)c1. The highest BCUT2D eigenvalue weighted by Crippen LogP contribution is 2.24. The summed E-state index contributed by atoms with van der Waals surface area (Å²) in [6, 6.07) is 6.37. The van der Waals surface area contributed by atoms with Gasteiger partial charge in [0.1, 0.15) is 0 Å². The Hall–Kier alpha value is -0.860. The van der Waals surface area contributed by atoms with Crippen molar-refractivity contribution in [3.8, 4) is 0 Å². The Bertz CT molecular complexity index is 360. The van der Waals surface area contributed by atoms with Gasteiger partial charge in [0, 0.05) is 6.61 Å². The van der Waals surface area contributed by atoms with Crippen LogP contribution in [0.1, 0.15) is 43.5 Å². The second-order valence-corrected chi connectivity index (χ2v) is 5.03. The van der Waals surface area contributed by atoms with Crippen LogP contribution in [-0.2, 0) is 4.74 Å². The van der Waals surface area contributed by atoms with Crippen molar-refractivity contribution in [3.05, 3.63) is 34.9 Å². The van der Waals surface area contributed by atoms with Crippen molar-refractivity contribution in [2.75, 3.05) is 6.61 Å². The molecule has 17 heavy (non-hydrogen) atoms. The van der Waals surface area contributed by atoms with Gasteiger partial charge in [0.15, 0.2) is 0 Å². The summed E-state index contributed by atoms with van der Waals surface area (Å²) in [4.78, 5) is 0. The van der Waals surface area contributed by atoms with Crippen LogP contribution in [0.25, 0.3) is 0 Å².